The van der Waals surface area contributed by atoms with Crippen molar-refractivity contribution < 1.29 is 14.4 Å². The molecule has 0 unspecified atom stereocenters. The van der Waals surface area contributed by atoms with Crippen LogP contribution in [0.25, 0.3) is 22.0 Å². The van der Waals surface area contributed by atoms with Crippen molar-refractivity contribution in [2.75, 3.05) is 23.3 Å². The first-order chi connectivity index (χ1) is 16.6. The van der Waals surface area contributed by atoms with Crippen molar-refractivity contribution in [2.24, 2.45) is 0 Å². The van der Waals surface area contributed by atoms with E-state index in [9.17, 15) is 14.4 Å². The molecule has 34 heavy (non-hydrogen) atoms. The van der Waals surface area contributed by atoms with Gasteiger partial charge in [0.1, 0.15) is 0 Å². The molecule has 3 aromatic carbocycles. The highest BCUT2D eigenvalue weighted by Crippen LogP contribution is 2.27. The summed E-state index contributed by atoms with van der Waals surface area (Å²) in [6.07, 6.45) is 1.40. The van der Waals surface area contributed by atoms with Crippen LogP contribution in [0.1, 0.15) is 23.2 Å². The van der Waals surface area contributed by atoms with Crippen LogP contribution in [0, 0.1) is 0 Å². The van der Waals surface area contributed by atoms with E-state index in [1.54, 1.807) is 29.2 Å². The van der Waals surface area contributed by atoms with Gasteiger partial charge in [-0.1, -0.05) is 36.4 Å². The Hall–Kier alpha value is -4.04. The molecule has 3 amide bonds. The fourth-order valence-electron chi connectivity index (χ4n) is 3.95. The number of benzene rings is 3. The minimum absolute atomic E-state index is 0.0971. The average molecular weight is 471 g/mol. The average Bonchev–Trinajstić information content (AvgIpc) is 3.51. The zero-order valence-electron chi connectivity index (χ0n) is 18.3. The molecular weight excluding hydrogens is 448 g/mol. The number of fused-ring (bicyclic) bond motifs is 1. The van der Waals surface area contributed by atoms with E-state index in [4.69, 9.17) is 0 Å². The second kappa shape index (κ2) is 9.44. The number of hydrogen-bond acceptors (Lipinski definition) is 5. The van der Waals surface area contributed by atoms with Gasteiger partial charge in [0.25, 0.3) is 5.91 Å². The highest BCUT2D eigenvalue weighted by Gasteiger charge is 2.21. The molecule has 0 spiro atoms. The molecule has 170 valence electrons. The van der Waals surface area contributed by atoms with E-state index >= 15 is 0 Å². The zero-order valence-corrected chi connectivity index (χ0v) is 19.1. The third-order valence-electron chi connectivity index (χ3n) is 5.72. The van der Waals surface area contributed by atoms with Crippen LogP contribution in [0.3, 0.4) is 0 Å². The number of anilines is 2. The van der Waals surface area contributed by atoms with Crippen molar-refractivity contribution in [3.8, 4) is 11.3 Å². The lowest BCUT2D eigenvalue weighted by molar-refractivity contribution is -0.117. The van der Waals surface area contributed by atoms with Crippen molar-refractivity contribution in [3.05, 3.63) is 77.7 Å². The van der Waals surface area contributed by atoms with Crippen LogP contribution in [-0.2, 0) is 9.59 Å². The number of rotatable bonds is 6. The second-order valence-corrected chi connectivity index (χ2v) is 8.88. The summed E-state index contributed by atoms with van der Waals surface area (Å²) in [6, 6.07) is 21.1. The molecule has 1 aromatic heterocycles. The van der Waals surface area contributed by atoms with Crippen LogP contribution in [0.15, 0.2) is 72.1 Å². The normalized spacial score (nSPS) is 13.3. The summed E-state index contributed by atoms with van der Waals surface area (Å²) in [6.45, 7) is 0.528. The number of amides is 3. The van der Waals surface area contributed by atoms with E-state index in [2.05, 4.69) is 33.8 Å². The molecule has 0 bridgehead atoms. The fourth-order valence-corrected chi connectivity index (χ4v) is 4.69. The number of carbonyl (C=O) groups excluding carboxylic acids is 3. The van der Waals surface area contributed by atoms with E-state index in [1.165, 1.54) is 11.3 Å². The molecule has 8 heteroatoms. The largest absolute Gasteiger partial charge is 0.343 e. The van der Waals surface area contributed by atoms with Crippen LogP contribution >= 0.6 is 11.3 Å². The fraction of sp³-hybridized carbons (Fsp3) is 0.154. The molecule has 0 radical (unpaired) electrons. The standard InChI is InChI=1S/C26H22N4O3S/c31-23(15-27-25(33)18-9-11-21(12-10-18)30-13-3-6-24(30)32)29-26-28-22(16-34-26)20-8-7-17-4-1-2-5-19(17)14-20/h1-2,4-5,7-12,14,16H,3,6,13,15H2,(H,27,33)(H,28,29,31). The quantitative estimate of drug-likeness (QED) is 0.435. The van der Waals surface area contributed by atoms with Crippen molar-refractivity contribution in [3.63, 3.8) is 0 Å². The van der Waals surface area contributed by atoms with Gasteiger partial charge in [0.15, 0.2) is 5.13 Å². The Morgan fingerprint density at radius 3 is 2.56 bits per heavy atom. The maximum atomic E-state index is 12.4. The summed E-state index contributed by atoms with van der Waals surface area (Å²) in [5, 5.41) is 10.0. The predicted molar refractivity (Wildman–Crippen MR) is 134 cm³/mol. The molecule has 0 saturated carbocycles. The summed E-state index contributed by atoms with van der Waals surface area (Å²) in [5.41, 5.74) is 2.97. The van der Waals surface area contributed by atoms with Gasteiger partial charge in [-0.05, 0) is 47.5 Å². The zero-order chi connectivity index (χ0) is 23.5. The van der Waals surface area contributed by atoms with Crippen LogP contribution in [0.5, 0.6) is 0 Å². The van der Waals surface area contributed by atoms with Crippen molar-refractivity contribution >= 4 is 50.6 Å². The molecule has 5 rings (SSSR count). The van der Waals surface area contributed by atoms with E-state index in [0.717, 1.165) is 34.1 Å². The molecular formula is C26H22N4O3S. The lowest BCUT2D eigenvalue weighted by Gasteiger charge is -2.15. The summed E-state index contributed by atoms with van der Waals surface area (Å²) in [7, 11) is 0. The molecule has 2 N–H and O–H groups in total. The minimum atomic E-state index is -0.356. The first-order valence-corrected chi connectivity index (χ1v) is 11.9. The van der Waals surface area contributed by atoms with Crippen LogP contribution in [0.2, 0.25) is 0 Å². The molecule has 1 aliphatic heterocycles. The summed E-state index contributed by atoms with van der Waals surface area (Å²) < 4.78 is 0. The van der Waals surface area contributed by atoms with Gasteiger partial charge in [-0.3, -0.25) is 14.4 Å². The van der Waals surface area contributed by atoms with Crippen molar-refractivity contribution in [1.29, 1.82) is 0 Å². The molecule has 1 aliphatic rings. The number of thiazole rings is 1. The number of aromatic nitrogens is 1. The number of nitrogens with zero attached hydrogens (tertiary/aromatic N) is 2. The van der Waals surface area contributed by atoms with Crippen LogP contribution in [0.4, 0.5) is 10.8 Å². The van der Waals surface area contributed by atoms with Crippen LogP contribution < -0.4 is 15.5 Å². The Morgan fingerprint density at radius 1 is 1.00 bits per heavy atom. The van der Waals surface area contributed by atoms with E-state index in [-0.39, 0.29) is 24.3 Å². The van der Waals surface area contributed by atoms with Gasteiger partial charge in [-0.25, -0.2) is 4.98 Å². The van der Waals surface area contributed by atoms with E-state index in [0.29, 0.717) is 23.7 Å². The van der Waals surface area contributed by atoms with Crippen molar-refractivity contribution in [2.45, 2.75) is 12.8 Å². The first-order valence-electron chi connectivity index (χ1n) is 11.0. The van der Waals surface area contributed by atoms with Crippen molar-refractivity contribution in [1.82, 2.24) is 10.3 Å². The third-order valence-corrected chi connectivity index (χ3v) is 6.48. The Balaban J connectivity index is 1.16. The van der Waals surface area contributed by atoms with Gasteiger partial charge >= 0.3 is 0 Å². The van der Waals surface area contributed by atoms with E-state index < -0.39 is 0 Å². The Morgan fingerprint density at radius 2 is 1.79 bits per heavy atom. The summed E-state index contributed by atoms with van der Waals surface area (Å²) >= 11 is 1.33. The minimum Gasteiger partial charge on any atom is -0.343 e. The maximum absolute atomic E-state index is 12.4. The van der Waals surface area contributed by atoms with Gasteiger partial charge < -0.3 is 15.5 Å². The summed E-state index contributed by atoms with van der Waals surface area (Å²) in [5.74, 6) is -0.614. The maximum Gasteiger partial charge on any atom is 0.251 e. The summed E-state index contributed by atoms with van der Waals surface area (Å²) in [4.78, 5) is 42.8. The molecule has 7 nitrogen and oxygen atoms in total. The van der Waals surface area contributed by atoms with Gasteiger partial charge in [0.2, 0.25) is 11.8 Å². The first kappa shape index (κ1) is 21.8. The highest BCUT2D eigenvalue weighted by atomic mass is 32.1. The molecule has 2 heterocycles. The highest BCUT2D eigenvalue weighted by molar-refractivity contribution is 7.14. The molecule has 1 fully saturated rings. The molecule has 1 saturated heterocycles. The van der Waals surface area contributed by atoms with Crippen LogP contribution in [-0.4, -0.2) is 35.8 Å². The van der Waals surface area contributed by atoms with E-state index in [1.807, 2.05) is 29.6 Å². The van der Waals surface area contributed by atoms with Gasteiger partial charge in [0, 0.05) is 35.2 Å². The Bertz CT molecular complexity index is 1380. The third kappa shape index (κ3) is 4.67. The van der Waals surface area contributed by atoms with Gasteiger partial charge in [-0.2, -0.15) is 0 Å². The Kier molecular flexibility index (Phi) is 6.05. The molecule has 4 aromatic rings. The topological polar surface area (TPSA) is 91.4 Å². The molecule has 0 aliphatic carbocycles. The SMILES string of the molecule is O=C(CNC(=O)c1ccc(N2CCCC2=O)cc1)Nc1nc(-c2ccc3ccccc3c2)cs1. The molecule has 0 atom stereocenters. The predicted octanol–water partition coefficient (Wildman–Crippen LogP) is 4.46. The van der Waals surface area contributed by atoms with Gasteiger partial charge in [-0.15, -0.1) is 11.3 Å². The second-order valence-electron chi connectivity index (χ2n) is 8.03. The lowest BCUT2D eigenvalue weighted by atomic mass is 10.1. The number of carbonyl (C=O) groups is 3. The lowest BCUT2D eigenvalue weighted by Crippen LogP contribution is -2.32. The number of nitrogens with one attached hydrogen (secondary N) is 2. The Labute approximate surface area is 200 Å². The van der Waals surface area contributed by atoms with Gasteiger partial charge in [0.05, 0.1) is 12.2 Å². The smallest absolute Gasteiger partial charge is 0.251 e. The monoisotopic (exact) mass is 470 g/mol. The number of hydrogen-bond donors (Lipinski definition) is 2.